The molecule has 0 saturated carbocycles. The molecule has 3 amide bonds. The van der Waals surface area contributed by atoms with E-state index in [-0.39, 0.29) is 43.2 Å². The first-order chi connectivity index (χ1) is 15.5. The van der Waals surface area contributed by atoms with E-state index in [2.05, 4.69) is 0 Å². The molecule has 1 saturated heterocycles. The largest absolute Gasteiger partial charge is 0.465 e. The van der Waals surface area contributed by atoms with Crippen LogP contribution in [0.5, 0.6) is 0 Å². The monoisotopic (exact) mass is 437 g/mol. The van der Waals surface area contributed by atoms with Crippen LogP contribution in [-0.2, 0) is 14.3 Å². The minimum Gasteiger partial charge on any atom is -0.465 e. The predicted octanol–water partition coefficient (Wildman–Crippen LogP) is 1.92. The van der Waals surface area contributed by atoms with E-state index in [4.69, 9.17) is 4.74 Å². The highest BCUT2D eigenvalue weighted by Crippen LogP contribution is 2.30. The first-order valence-corrected chi connectivity index (χ1v) is 11.0. The van der Waals surface area contributed by atoms with Crippen LogP contribution in [0.3, 0.4) is 0 Å². The zero-order valence-corrected chi connectivity index (χ0v) is 18.2. The summed E-state index contributed by atoms with van der Waals surface area (Å²) in [4.78, 5) is 55.1. The summed E-state index contributed by atoms with van der Waals surface area (Å²) in [6.07, 6.45) is 0.679. The topological polar surface area (TPSA) is 87.2 Å². The number of piperazine rings is 1. The Bertz CT molecular complexity index is 1010. The molecule has 0 atom stereocenters. The van der Waals surface area contributed by atoms with E-state index in [0.717, 1.165) is 5.39 Å². The van der Waals surface area contributed by atoms with Crippen molar-refractivity contribution in [2.45, 2.75) is 19.8 Å². The number of esters is 1. The maximum Gasteiger partial charge on any atom is 0.320 e. The molecule has 8 nitrogen and oxygen atoms in total. The van der Waals surface area contributed by atoms with Crippen molar-refractivity contribution in [3.05, 3.63) is 47.5 Å². The van der Waals surface area contributed by atoms with Gasteiger partial charge in [0, 0.05) is 55.7 Å². The second-order valence-corrected chi connectivity index (χ2v) is 8.04. The van der Waals surface area contributed by atoms with Crippen LogP contribution in [0.4, 0.5) is 0 Å². The first-order valence-electron chi connectivity index (χ1n) is 11.0. The van der Waals surface area contributed by atoms with Crippen LogP contribution in [0, 0.1) is 0 Å². The van der Waals surface area contributed by atoms with E-state index in [1.165, 1.54) is 4.90 Å². The lowest BCUT2D eigenvalue weighted by molar-refractivity contribution is -0.145. The van der Waals surface area contributed by atoms with Gasteiger partial charge < -0.3 is 9.64 Å². The Hall–Kier alpha value is -3.26. The molecule has 2 aromatic rings. The maximum absolute atomic E-state index is 12.9. The summed E-state index contributed by atoms with van der Waals surface area (Å²) in [5, 5.41) is 1.58. The van der Waals surface area contributed by atoms with Gasteiger partial charge in [0.1, 0.15) is 0 Å². The molecular weight excluding hydrogens is 410 g/mol. The molecule has 2 heterocycles. The van der Waals surface area contributed by atoms with Gasteiger partial charge in [-0.3, -0.25) is 29.0 Å². The van der Waals surface area contributed by atoms with Gasteiger partial charge in [0.2, 0.25) is 5.91 Å². The summed E-state index contributed by atoms with van der Waals surface area (Å²) in [5.74, 6) is -0.862. The van der Waals surface area contributed by atoms with Gasteiger partial charge in [-0.1, -0.05) is 24.3 Å². The van der Waals surface area contributed by atoms with Crippen molar-refractivity contribution in [1.29, 1.82) is 0 Å². The zero-order valence-electron chi connectivity index (χ0n) is 18.2. The fourth-order valence-corrected chi connectivity index (χ4v) is 4.37. The second kappa shape index (κ2) is 9.48. The van der Waals surface area contributed by atoms with Crippen molar-refractivity contribution in [1.82, 2.24) is 14.7 Å². The van der Waals surface area contributed by atoms with E-state index < -0.39 is 0 Å². The molecule has 0 aliphatic carbocycles. The average molecular weight is 437 g/mol. The summed E-state index contributed by atoms with van der Waals surface area (Å²) in [7, 11) is 0. The van der Waals surface area contributed by atoms with Gasteiger partial charge >= 0.3 is 5.97 Å². The quantitative estimate of drug-likeness (QED) is 0.486. The van der Waals surface area contributed by atoms with Gasteiger partial charge in [-0.2, -0.15) is 0 Å². The smallest absolute Gasteiger partial charge is 0.320 e. The molecule has 0 bridgehead atoms. The third kappa shape index (κ3) is 4.36. The van der Waals surface area contributed by atoms with Crippen LogP contribution in [0.15, 0.2) is 36.4 Å². The van der Waals surface area contributed by atoms with Crippen LogP contribution in [0.25, 0.3) is 10.8 Å². The molecule has 168 valence electrons. The molecule has 2 aliphatic rings. The summed E-state index contributed by atoms with van der Waals surface area (Å²) in [5.41, 5.74) is 1.06. The van der Waals surface area contributed by atoms with Gasteiger partial charge in [-0.25, -0.2) is 0 Å². The molecule has 0 unspecified atom stereocenters. The molecule has 0 radical (unpaired) electrons. The summed E-state index contributed by atoms with van der Waals surface area (Å²) >= 11 is 0. The van der Waals surface area contributed by atoms with E-state index in [1.807, 2.05) is 29.2 Å². The van der Waals surface area contributed by atoms with Gasteiger partial charge in [0.15, 0.2) is 0 Å². The van der Waals surface area contributed by atoms with Crippen molar-refractivity contribution < 1.29 is 23.9 Å². The van der Waals surface area contributed by atoms with Crippen molar-refractivity contribution in [3.63, 3.8) is 0 Å². The van der Waals surface area contributed by atoms with Crippen molar-refractivity contribution in [2.75, 3.05) is 45.9 Å². The zero-order chi connectivity index (χ0) is 22.7. The second-order valence-electron chi connectivity index (χ2n) is 8.04. The number of rotatable bonds is 7. The van der Waals surface area contributed by atoms with Crippen molar-refractivity contribution >= 4 is 34.5 Å². The minimum atomic E-state index is -0.306. The number of hydrogen-bond acceptors (Lipinski definition) is 6. The fraction of sp³-hybridized carbons (Fsp3) is 0.417. The number of amides is 3. The average Bonchev–Trinajstić information content (AvgIpc) is 2.80. The third-order valence-corrected chi connectivity index (χ3v) is 6.01. The van der Waals surface area contributed by atoms with Gasteiger partial charge in [-0.05, 0) is 30.9 Å². The number of imide groups is 1. The Morgan fingerprint density at radius 2 is 1.56 bits per heavy atom. The lowest BCUT2D eigenvalue weighted by Gasteiger charge is -2.34. The van der Waals surface area contributed by atoms with Gasteiger partial charge in [0.05, 0.1) is 13.2 Å². The third-order valence-electron chi connectivity index (χ3n) is 6.01. The molecule has 8 heteroatoms. The van der Waals surface area contributed by atoms with Crippen LogP contribution < -0.4 is 0 Å². The van der Waals surface area contributed by atoms with Crippen LogP contribution in [-0.4, -0.2) is 84.3 Å². The molecule has 0 aromatic heterocycles. The van der Waals surface area contributed by atoms with E-state index in [9.17, 15) is 19.2 Å². The van der Waals surface area contributed by atoms with Gasteiger partial charge in [0.25, 0.3) is 11.8 Å². The highest BCUT2D eigenvalue weighted by Gasteiger charge is 2.32. The molecule has 1 fully saturated rings. The summed E-state index contributed by atoms with van der Waals surface area (Å²) in [6, 6.07) is 10.9. The van der Waals surface area contributed by atoms with Crippen LogP contribution in [0.1, 0.15) is 40.5 Å². The Labute approximate surface area is 186 Å². The van der Waals surface area contributed by atoms with E-state index in [1.54, 1.807) is 24.0 Å². The van der Waals surface area contributed by atoms with Gasteiger partial charge in [-0.15, -0.1) is 0 Å². The summed E-state index contributed by atoms with van der Waals surface area (Å²) < 4.78 is 4.97. The molecule has 4 rings (SSSR count). The van der Waals surface area contributed by atoms with Crippen molar-refractivity contribution in [2.24, 2.45) is 0 Å². The molecule has 32 heavy (non-hydrogen) atoms. The van der Waals surface area contributed by atoms with Crippen molar-refractivity contribution in [3.8, 4) is 0 Å². The SMILES string of the molecule is CCOC(=O)CN1CCN(C(=O)CCCN2C(=O)c3cccc4cccc(c34)C2=O)CC1. The molecule has 2 aromatic carbocycles. The highest BCUT2D eigenvalue weighted by atomic mass is 16.5. The number of benzene rings is 2. The Morgan fingerprint density at radius 3 is 2.16 bits per heavy atom. The van der Waals surface area contributed by atoms with E-state index >= 15 is 0 Å². The number of hydrogen-bond donors (Lipinski definition) is 0. The number of carbonyl (C=O) groups excluding carboxylic acids is 4. The fourth-order valence-electron chi connectivity index (χ4n) is 4.37. The van der Waals surface area contributed by atoms with Crippen LogP contribution >= 0.6 is 0 Å². The normalized spacial score (nSPS) is 16.5. The first kappa shape index (κ1) is 22.0. The Balaban J connectivity index is 1.30. The predicted molar refractivity (Wildman–Crippen MR) is 118 cm³/mol. The molecule has 2 aliphatic heterocycles. The maximum atomic E-state index is 12.9. The molecule has 0 spiro atoms. The Morgan fingerprint density at radius 1 is 0.938 bits per heavy atom. The lowest BCUT2D eigenvalue weighted by atomic mass is 9.94. The number of carbonyl (C=O) groups is 4. The standard InChI is InChI=1S/C24H27N3O5/c1-2-32-21(29)16-25-12-14-26(15-13-25)20(28)10-5-11-27-23(30)18-8-3-6-17-7-4-9-19(22(17)18)24(27)31/h3-4,6-9H,2,5,10-16H2,1H3. The lowest BCUT2D eigenvalue weighted by Crippen LogP contribution is -2.50. The summed E-state index contributed by atoms with van der Waals surface area (Å²) in [6.45, 7) is 4.92. The van der Waals surface area contributed by atoms with E-state index in [0.29, 0.717) is 55.7 Å². The minimum absolute atomic E-state index is 0.000179. The molecule has 0 N–H and O–H groups in total. The highest BCUT2D eigenvalue weighted by molar-refractivity contribution is 6.25. The number of ether oxygens (including phenoxy) is 1. The number of nitrogens with zero attached hydrogens (tertiary/aromatic N) is 3. The van der Waals surface area contributed by atoms with Crippen LogP contribution in [0.2, 0.25) is 0 Å². The Kier molecular flexibility index (Phi) is 6.50. The molecular formula is C24H27N3O5.